The Morgan fingerprint density at radius 2 is 0.585 bits per heavy atom. The van der Waals surface area contributed by atoms with Gasteiger partial charge in [0.2, 0.25) is 0 Å². The highest BCUT2D eigenvalue weighted by molar-refractivity contribution is 6.12. The van der Waals surface area contributed by atoms with Gasteiger partial charge in [0.15, 0.2) is 17.5 Å². The molecule has 0 saturated heterocycles. The average Bonchev–Trinajstić information content (AvgIpc) is 4.10. The standard InChI is InChI=1S/C76H52N6/c1-7-19-54(20-8-1)74-77-75(55-21-9-2-10-22-55)79-76(78-74)60-32-31-58-47-59-37-44-67(51-69(59)68(58)50-60)82-72-45-38-56(52-33-40-65(41-34-52)80(61-23-11-3-12-24-61)62-25-13-4-14-26-62)48-70(72)71-49-57(39-46-73(71)82)53-35-42-66(43-36-53)81(63-27-15-5-16-28-63)64-29-17-6-18-30-64/h1-46,48-51H,47H2. The van der Waals surface area contributed by atoms with Crippen LogP contribution in [-0.2, 0) is 6.42 Å². The quantitative estimate of drug-likeness (QED) is 0.122. The van der Waals surface area contributed by atoms with E-state index in [0.717, 1.165) is 96.2 Å². The molecule has 0 fully saturated rings. The van der Waals surface area contributed by atoms with Crippen LogP contribution >= 0.6 is 0 Å². The molecule has 0 spiro atoms. The third kappa shape index (κ3) is 8.95. The van der Waals surface area contributed by atoms with E-state index in [1.165, 1.54) is 33.0 Å². The van der Waals surface area contributed by atoms with Gasteiger partial charge in [-0.15, -0.1) is 0 Å². The summed E-state index contributed by atoms with van der Waals surface area (Å²) in [7, 11) is 0. The third-order valence-corrected chi connectivity index (χ3v) is 15.8. The topological polar surface area (TPSA) is 50.1 Å². The molecule has 386 valence electrons. The largest absolute Gasteiger partial charge is 0.311 e. The van der Waals surface area contributed by atoms with E-state index in [-0.39, 0.29) is 0 Å². The second-order valence-electron chi connectivity index (χ2n) is 20.8. The molecule has 0 bridgehead atoms. The first kappa shape index (κ1) is 48.2. The van der Waals surface area contributed by atoms with Crippen LogP contribution in [0.15, 0.2) is 303 Å². The van der Waals surface area contributed by atoms with Crippen LogP contribution in [0.4, 0.5) is 34.1 Å². The van der Waals surface area contributed by atoms with Gasteiger partial charge in [-0.25, -0.2) is 15.0 Å². The summed E-state index contributed by atoms with van der Waals surface area (Å²) in [4.78, 5) is 19.8. The van der Waals surface area contributed by atoms with E-state index in [0.29, 0.717) is 17.5 Å². The summed E-state index contributed by atoms with van der Waals surface area (Å²) in [5.74, 6) is 1.94. The second kappa shape index (κ2) is 20.7. The lowest BCUT2D eigenvalue weighted by Crippen LogP contribution is -2.09. The van der Waals surface area contributed by atoms with Crippen molar-refractivity contribution in [2.24, 2.45) is 0 Å². The Bertz CT molecular complexity index is 4290. The number of anilines is 6. The van der Waals surface area contributed by atoms with Crippen LogP contribution in [0.1, 0.15) is 11.1 Å². The summed E-state index contributed by atoms with van der Waals surface area (Å²) in [5.41, 5.74) is 22.5. The summed E-state index contributed by atoms with van der Waals surface area (Å²) in [6, 6.07) is 108. The zero-order valence-electron chi connectivity index (χ0n) is 44.8. The van der Waals surface area contributed by atoms with Gasteiger partial charge in [-0.2, -0.15) is 0 Å². The fraction of sp³-hybridized carbons (Fsp3) is 0.0132. The molecule has 15 rings (SSSR count). The molecule has 0 amide bonds. The SMILES string of the molecule is c1ccc(-c2nc(-c3ccccc3)nc(-c3ccc4c(c3)-c3cc(-n5c6ccc(-c7ccc(N(c8ccccc8)c8ccccc8)cc7)cc6c6cc(-c7ccc(N(c8ccccc8)c8ccccc8)cc7)ccc65)ccc3C4)n2)cc1. The molecule has 2 heterocycles. The van der Waals surface area contributed by atoms with Gasteiger partial charge in [-0.3, -0.25) is 0 Å². The lowest BCUT2D eigenvalue weighted by Gasteiger charge is -2.25. The van der Waals surface area contributed by atoms with Crippen molar-refractivity contribution >= 4 is 55.9 Å². The first-order chi connectivity index (χ1) is 40.6. The number of nitrogens with zero attached hydrogens (tertiary/aromatic N) is 6. The molecule has 0 saturated carbocycles. The summed E-state index contributed by atoms with van der Waals surface area (Å²) >= 11 is 0. The van der Waals surface area contributed by atoms with Crippen molar-refractivity contribution in [2.75, 3.05) is 9.80 Å². The zero-order chi connectivity index (χ0) is 54.3. The van der Waals surface area contributed by atoms with Gasteiger partial charge in [0.25, 0.3) is 0 Å². The maximum Gasteiger partial charge on any atom is 0.164 e. The molecular formula is C76H52N6. The van der Waals surface area contributed by atoms with Crippen molar-refractivity contribution in [1.82, 2.24) is 19.5 Å². The Hall–Kier alpha value is -11.0. The Morgan fingerprint density at radius 1 is 0.256 bits per heavy atom. The van der Waals surface area contributed by atoms with Gasteiger partial charge < -0.3 is 14.4 Å². The molecule has 82 heavy (non-hydrogen) atoms. The molecule has 6 heteroatoms. The third-order valence-electron chi connectivity index (χ3n) is 15.8. The van der Waals surface area contributed by atoms with Crippen LogP contribution < -0.4 is 9.80 Å². The number of aromatic nitrogens is 4. The number of hydrogen-bond donors (Lipinski definition) is 0. The molecule has 0 radical (unpaired) electrons. The predicted octanol–water partition coefficient (Wildman–Crippen LogP) is 19.8. The van der Waals surface area contributed by atoms with Gasteiger partial charge in [-0.05, 0) is 166 Å². The van der Waals surface area contributed by atoms with E-state index in [1.54, 1.807) is 0 Å². The number of benzene rings is 12. The Morgan fingerprint density at radius 3 is 1.00 bits per heavy atom. The van der Waals surface area contributed by atoms with E-state index in [1.807, 2.05) is 36.4 Å². The van der Waals surface area contributed by atoms with Gasteiger partial charge in [0.05, 0.1) is 11.0 Å². The molecule has 14 aromatic rings. The minimum absolute atomic E-state index is 0.646. The number of rotatable bonds is 12. The molecule has 1 aliphatic rings. The van der Waals surface area contributed by atoms with Gasteiger partial charge >= 0.3 is 0 Å². The molecule has 0 aliphatic heterocycles. The highest BCUT2D eigenvalue weighted by atomic mass is 15.1. The molecule has 0 N–H and O–H groups in total. The fourth-order valence-electron chi connectivity index (χ4n) is 11.8. The lowest BCUT2D eigenvalue weighted by molar-refractivity contribution is 1.07. The van der Waals surface area contributed by atoms with E-state index < -0.39 is 0 Å². The van der Waals surface area contributed by atoms with Crippen LogP contribution in [0.5, 0.6) is 0 Å². The van der Waals surface area contributed by atoms with Crippen LogP contribution in [-0.4, -0.2) is 19.5 Å². The normalized spacial score (nSPS) is 11.6. The van der Waals surface area contributed by atoms with Crippen LogP contribution in [0.3, 0.4) is 0 Å². The van der Waals surface area contributed by atoms with Crippen molar-refractivity contribution in [3.63, 3.8) is 0 Å². The molecule has 1 aliphatic carbocycles. The molecule has 6 nitrogen and oxygen atoms in total. The van der Waals surface area contributed by atoms with E-state index in [4.69, 9.17) is 15.0 Å². The highest BCUT2D eigenvalue weighted by Crippen LogP contribution is 2.44. The number of para-hydroxylation sites is 4. The van der Waals surface area contributed by atoms with Gasteiger partial charge in [-0.1, -0.05) is 188 Å². The minimum Gasteiger partial charge on any atom is -0.311 e. The summed E-state index contributed by atoms with van der Waals surface area (Å²) in [5, 5.41) is 2.37. The fourth-order valence-corrected chi connectivity index (χ4v) is 11.8. The maximum atomic E-state index is 5.11. The zero-order valence-corrected chi connectivity index (χ0v) is 44.8. The maximum absolute atomic E-state index is 5.11. The predicted molar refractivity (Wildman–Crippen MR) is 339 cm³/mol. The first-order valence-electron chi connectivity index (χ1n) is 27.9. The highest BCUT2D eigenvalue weighted by Gasteiger charge is 2.24. The Balaban J connectivity index is 0.842. The molecular weight excluding hydrogens is 997 g/mol. The second-order valence-corrected chi connectivity index (χ2v) is 20.8. The van der Waals surface area contributed by atoms with E-state index in [9.17, 15) is 0 Å². The molecule has 0 unspecified atom stereocenters. The van der Waals surface area contributed by atoms with Crippen LogP contribution in [0.2, 0.25) is 0 Å². The van der Waals surface area contributed by atoms with E-state index >= 15 is 0 Å². The average molecular weight is 1050 g/mol. The minimum atomic E-state index is 0.646. The first-order valence-corrected chi connectivity index (χ1v) is 27.9. The summed E-state index contributed by atoms with van der Waals surface area (Å²) in [6.45, 7) is 0. The van der Waals surface area contributed by atoms with Crippen LogP contribution in [0.25, 0.3) is 95.0 Å². The summed E-state index contributed by atoms with van der Waals surface area (Å²) < 4.78 is 2.45. The van der Waals surface area contributed by atoms with E-state index in [2.05, 4.69) is 281 Å². The molecule has 0 atom stereocenters. The Kier molecular flexibility index (Phi) is 12.2. The van der Waals surface area contributed by atoms with Crippen molar-refractivity contribution in [3.05, 3.63) is 314 Å². The molecule has 2 aromatic heterocycles. The Labute approximate surface area is 476 Å². The van der Waals surface area contributed by atoms with Crippen molar-refractivity contribution in [2.45, 2.75) is 6.42 Å². The summed E-state index contributed by atoms with van der Waals surface area (Å²) in [6.07, 6.45) is 0.855. The van der Waals surface area contributed by atoms with Crippen molar-refractivity contribution in [1.29, 1.82) is 0 Å². The lowest BCUT2D eigenvalue weighted by atomic mass is 9.99. The van der Waals surface area contributed by atoms with Crippen molar-refractivity contribution < 1.29 is 0 Å². The number of hydrogen-bond acceptors (Lipinski definition) is 5. The van der Waals surface area contributed by atoms with Crippen LogP contribution in [0, 0.1) is 0 Å². The van der Waals surface area contributed by atoms with Crippen molar-refractivity contribution in [3.8, 4) is 73.2 Å². The van der Waals surface area contributed by atoms with Gasteiger partial charge in [0, 0.05) is 67.3 Å². The monoisotopic (exact) mass is 1050 g/mol. The number of fused-ring (bicyclic) bond motifs is 6. The van der Waals surface area contributed by atoms with Gasteiger partial charge in [0.1, 0.15) is 0 Å². The molecule has 12 aromatic carbocycles. The smallest absolute Gasteiger partial charge is 0.164 e.